The Morgan fingerprint density at radius 2 is 1.81 bits per heavy atom. The summed E-state index contributed by atoms with van der Waals surface area (Å²) in [4.78, 5) is 12.1. The molecule has 1 N–H and O–H groups in total. The van der Waals surface area contributed by atoms with Crippen molar-refractivity contribution in [3.05, 3.63) is 28.8 Å². The lowest BCUT2D eigenvalue weighted by molar-refractivity contribution is -0.137. The Kier molecular flexibility index (Phi) is 7.12. The molecule has 152 valence electrons. The fraction of sp³-hybridized carbons (Fsp3) is 0.562. The van der Waals surface area contributed by atoms with Crippen LogP contribution in [-0.4, -0.2) is 49.6 Å². The third-order valence-corrected chi connectivity index (χ3v) is 6.47. The molecule has 0 saturated carbocycles. The lowest BCUT2D eigenvalue weighted by atomic mass is 10.2. The van der Waals surface area contributed by atoms with E-state index in [1.165, 1.54) is 17.4 Å². The van der Waals surface area contributed by atoms with Crippen molar-refractivity contribution in [2.45, 2.75) is 31.9 Å². The van der Waals surface area contributed by atoms with Crippen molar-refractivity contribution in [2.75, 3.05) is 32.0 Å². The van der Waals surface area contributed by atoms with E-state index < -0.39 is 39.4 Å². The molecule has 1 aromatic carbocycles. The van der Waals surface area contributed by atoms with Gasteiger partial charge < -0.3 is 5.32 Å². The number of anilines is 1. The maximum absolute atomic E-state index is 12.9. The summed E-state index contributed by atoms with van der Waals surface area (Å²) in [7, 11) is -2.54. The second kappa shape index (κ2) is 8.76. The van der Waals surface area contributed by atoms with Gasteiger partial charge in [0, 0.05) is 25.8 Å². The third-order valence-electron chi connectivity index (χ3n) is 4.21. The zero-order valence-electron chi connectivity index (χ0n) is 14.7. The molecule has 1 amide bonds. The normalized spacial score (nSPS) is 17.0. The molecule has 0 bridgehead atoms. The van der Waals surface area contributed by atoms with Crippen LogP contribution in [0.4, 0.5) is 18.9 Å². The van der Waals surface area contributed by atoms with E-state index in [1.54, 1.807) is 0 Å². The van der Waals surface area contributed by atoms with Crippen LogP contribution >= 0.6 is 11.6 Å². The zero-order valence-corrected chi connectivity index (χ0v) is 16.3. The van der Waals surface area contributed by atoms with E-state index in [9.17, 15) is 26.4 Å². The Balaban J connectivity index is 2.04. The lowest BCUT2D eigenvalue weighted by Crippen LogP contribution is -2.45. The second-order valence-corrected chi connectivity index (χ2v) is 8.76. The molecule has 0 radical (unpaired) electrons. The van der Waals surface area contributed by atoms with E-state index in [1.807, 2.05) is 0 Å². The predicted octanol–water partition coefficient (Wildman–Crippen LogP) is 3.35. The van der Waals surface area contributed by atoms with Crippen LogP contribution in [0.15, 0.2) is 18.2 Å². The van der Waals surface area contributed by atoms with Gasteiger partial charge in [0.05, 0.1) is 17.1 Å². The van der Waals surface area contributed by atoms with Gasteiger partial charge in [-0.25, -0.2) is 0 Å². The van der Waals surface area contributed by atoms with Crippen LogP contribution in [0.3, 0.4) is 0 Å². The van der Waals surface area contributed by atoms with Crippen LogP contribution < -0.4 is 5.32 Å². The molecule has 0 aliphatic carbocycles. The molecule has 0 aromatic heterocycles. The van der Waals surface area contributed by atoms with E-state index in [2.05, 4.69) is 5.32 Å². The smallest absolute Gasteiger partial charge is 0.325 e. The first kappa shape index (κ1) is 21.9. The summed E-state index contributed by atoms with van der Waals surface area (Å²) in [5.74, 6) is -0.744. The number of benzene rings is 1. The van der Waals surface area contributed by atoms with Crippen LogP contribution in [0.25, 0.3) is 0 Å². The molecule has 1 aliphatic rings. The molecule has 0 atom stereocenters. The van der Waals surface area contributed by atoms with Gasteiger partial charge >= 0.3 is 6.18 Å². The van der Waals surface area contributed by atoms with Gasteiger partial charge in [0.15, 0.2) is 0 Å². The van der Waals surface area contributed by atoms with Gasteiger partial charge in [-0.2, -0.15) is 30.2 Å². The van der Waals surface area contributed by atoms with Crippen molar-refractivity contribution in [1.82, 2.24) is 8.61 Å². The van der Waals surface area contributed by atoms with Crippen LogP contribution in [0.2, 0.25) is 5.02 Å². The third kappa shape index (κ3) is 5.81. The standard InChI is InChI=1S/C16H21ClF3N3O3S/c1-22(27(25,26)23-8-4-2-3-5-9-23)11-15(24)21-12-6-7-14(17)13(10-12)16(18,19)20/h6-7,10H,2-5,8-9,11H2,1H3,(H,21,24). The highest BCUT2D eigenvalue weighted by atomic mass is 35.5. The maximum Gasteiger partial charge on any atom is 0.417 e. The largest absolute Gasteiger partial charge is 0.417 e. The minimum Gasteiger partial charge on any atom is -0.325 e. The van der Waals surface area contributed by atoms with Gasteiger partial charge in [0.25, 0.3) is 10.2 Å². The molecule has 6 nitrogen and oxygen atoms in total. The average Bonchev–Trinajstić information content (AvgIpc) is 2.85. The number of carbonyl (C=O) groups excluding carboxylic acids is 1. The second-order valence-electron chi connectivity index (χ2n) is 6.32. The van der Waals surface area contributed by atoms with Crippen LogP contribution in [-0.2, 0) is 21.2 Å². The van der Waals surface area contributed by atoms with Gasteiger partial charge in [-0.15, -0.1) is 0 Å². The van der Waals surface area contributed by atoms with Crippen LogP contribution in [0.1, 0.15) is 31.2 Å². The van der Waals surface area contributed by atoms with Gasteiger partial charge in [0.2, 0.25) is 5.91 Å². The Morgan fingerprint density at radius 1 is 1.22 bits per heavy atom. The number of hydrogen-bond acceptors (Lipinski definition) is 3. The number of alkyl halides is 3. The van der Waals surface area contributed by atoms with Gasteiger partial charge in [-0.1, -0.05) is 24.4 Å². The highest BCUT2D eigenvalue weighted by Crippen LogP contribution is 2.36. The van der Waals surface area contributed by atoms with Crippen LogP contribution in [0.5, 0.6) is 0 Å². The van der Waals surface area contributed by atoms with E-state index in [0.29, 0.717) is 19.2 Å². The molecule has 0 unspecified atom stereocenters. The zero-order chi connectivity index (χ0) is 20.2. The highest BCUT2D eigenvalue weighted by molar-refractivity contribution is 7.86. The first-order chi connectivity index (χ1) is 12.5. The Hall–Kier alpha value is -1.36. The molecule has 1 aromatic rings. The molecule has 1 fully saturated rings. The number of hydrogen-bond donors (Lipinski definition) is 1. The Bertz CT molecular complexity index is 779. The summed E-state index contributed by atoms with van der Waals surface area (Å²) in [5, 5.41) is 1.79. The highest BCUT2D eigenvalue weighted by Gasteiger charge is 2.34. The fourth-order valence-corrected chi connectivity index (χ4v) is 4.39. The minimum absolute atomic E-state index is 0.114. The van der Waals surface area contributed by atoms with E-state index in [4.69, 9.17) is 11.6 Å². The summed E-state index contributed by atoms with van der Waals surface area (Å²) < 4.78 is 66.0. The molecular weight excluding hydrogens is 407 g/mol. The Labute approximate surface area is 161 Å². The topological polar surface area (TPSA) is 69.7 Å². The number of halogens is 4. The summed E-state index contributed by atoms with van der Waals surface area (Å²) in [6.45, 7) is 0.268. The summed E-state index contributed by atoms with van der Waals surface area (Å²) >= 11 is 5.54. The molecule has 1 saturated heterocycles. The number of rotatable bonds is 5. The monoisotopic (exact) mass is 427 g/mol. The number of carbonyl (C=O) groups is 1. The van der Waals surface area contributed by atoms with Crippen molar-refractivity contribution >= 4 is 33.4 Å². The number of nitrogens with one attached hydrogen (secondary N) is 1. The molecule has 0 spiro atoms. The van der Waals surface area contributed by atoms with E-state index >= 15 is 0 Å². The molecule has 11 heteroatoms. The SMILES string of the molecule is CN(CC(=O)Nc1ccc(Cl)c(C(F)(F)F)c1)S(=O)(=O)N1CCCCCC1. The quantitative estimate of drug-likeness (QED) is 0.783. The van der Waals surface area contributed by atoms with Gasteiger partial charge in [-0.3, -0.25) is 4.79 Å². The molecular formula is C16H21ClF3N3O3S. The summed E-state index contributed by atoms with van der Waals surface area (Å²) in [6.07, 6.45) is -1.25. The van der Waals surface area contributed by atoms with Gasteiger partial charge in [-0.05, 0) is 31.0 Å². The maximum atomic E-state index is 12.9. The first-order valence-corrected chi connectivity index (χ1v) is 10.2. The van der Waals surface area contributed by atoms with Crippen molar-refractivity contribution in [3.63, 3.8) is 0 Å². The lowest BCUT2D eigenvalue weighted by Gasteiger charge is -2.26. The number of amides is 1. The van der Waals surface area contributed by atoms with E-state index in [-0.39, 0.29) is 5.69 Å². The summed E-state index contributed by atoms with van der Waals surface area (Å²) in [5.41, 5.74) is -1.19. The summed E-state index contributed by atoms with van der Waals surface area (Å²) in [6, 6.07) is 2.96. The molecule has 1 aliphatic heterocycles. The minimum atomic E-state index is -4.66. The van der Waals surface area contributed by atoms with Crippen molar-refractivity contribution < 1.29 is 26.4 Å². The predicted molar refractivity (Wildman–Crippen MR) is 96.7 cm³/mol. The molecule has 1 heterocycles. The average molecular weight is 428 g/mol. The van der Waals surface area contributed by atoms with Crippen molar-refractivity contribution in [1.29, 1.82) is 0 Å². The fourth-order valence-electron chi connectivity index (χ4n) is 2.77. The van der Waals surface area contributed by atoms with Crippen molar-refractivity contribution in [3.8, 4) is 0 Å². The Morgan fingerprint density at radius 3 is 2.37 bits per heavy atom. The molecule has 27 heavy (non-hydrogen) atoms. The van der Waals surface area contributed by atoms with Gasteiger partial charge in [0.1, 0.15) is 0 Å². The molecule has 2 rings (SSSR count). The van der Waals surface area contributed by atoms with Crippen molar-refractivity contribution in [2.24, 2.45) is 0 Å². The number of nitrogens with zero attached hydrogens (tertiary/aromatic N) is 2. The van der Waals surface area contributed by atoms with Crippen LogP contribution in [0, 0.1) is 0 Å². The van der Waals surface area contributed by atoms with E-state index in [0.717, 1.165) is 36.1 Å². The number of likely N-dealkylation sites (N-methyl/N-ethyl adjacent to an activating group) is 1. The first-order valence-electron chi connectivity index (χ1n) is 8.40.